The van der Waals surface area contributed by atoms with E-state index in [4.69, 9.17) is 4.74 Å². The number of fused-ring (bicyclic) bond motifs is 1. The van der Waals surface area contributed by atoms with Gasteiger partial charge in [-0.15, -0.1) is 11.3 Å². The van der Waals surface area contributed by atoms with Crippen molar-refractivity contribution in [1.29, 1.82) is 0 Å². The molecule has 1 aromatic carbocycles. The monoisotopic (exact) mass is 410 g/mol. The van der Waals surface area contributed by atoms with Gasteiger partial charge in [0, 0.05) is 19.6 Å². The van der Waals surface area contributed by atoms with Crippen molar-refractivity contribution in [1.82, 2.24) is 9.47 Å². The van der Waals surface area contributed by atoms with E-state index in [0.29, 0.717) is 39.1 Å². The lowest BCUT2D eigenvalue weighted by molar-refractivity contribution is -0.149. The first kappa shape index (κ1) is 19.7. The van der Waals surface area contributed by atoms with Gasteiger partial charge in [0.1, 0.15) is 5.69 Å². The molecule has 0 atom stereocenters. The molecule has 5 nitrogen and oxygen atoms in total. The summed E-state index contributed by atoms with van der Waals surface area (Å²) in [6, 6.07) is 12.4. The quantitative estimate of drug-likeness (QED) is 0.583. The van der Waals surface area contributed by atoms with Crippen LogP contribution in [0.25, 0.3) is 10.2 Å². The molecule has 1 aliphatic heterocycles. The van der Waals surface area contributed by atoms with Gasteiger partial charge in [-0.1, -0.05) is 24.3 Å². The fraction of sp³-hybridized carbons (Fsp3) is 0.391. The minimum Gasteiger partial charge on any atom is -0.466 e. The predicted octanol–water partition coefficient (Wildman–Crippen LogP) is 4.47. The molecular formula is C23H26N2O3S. The highest BCUT2D eigenvalue weighted by Gasteiger charge is 2.30. The van der Waals surface area contributed by atoms with Crippen LogP contribution < -0.4 is 0 Å². The number of aromatic nitrogens is 1. The van der Waals surface area contributed by atoms with E-state index >= 15 is 0 Å². The number of rotatable bonds is 5. The SMILES string of the molecule is CCOC(=O)C1CCN(C(=O)c2cc3sccc3n2Cc2ccccc2C)CC1. The number of ether oxygens (including phenoxy) is 1. The molecule has 4 rings (SSSR count). The smallest absolute Gasteiger partial charge is 0.309 e. The number of carbonyl (C=O) groups excluding carboxylic acids is 2. The van der Waals surface area contributed by atoms with Crippen LogP contribution in [-0.4, -0.2) is 41.0 Å². The standard InChI is InChI=1S/C23H26N2O3S/c1-3-28-23(27)17-8-11-24(12-9-17)22(26)20-14-21-19(10-13-29-21)25(20)15-18-7-5-4-6-16(18)2/h4-7,10,13-14,17H,3,8-9,11-12,15H2,1-2H3. The van der Waals surface area contributed by atoms with Gasteiger partial charge in [0.05, 0.1) is 22.7 Å². The second-order valence-electron chi connectivity index (χ2n) is 7.53. The molecule has 1 aliphatic rings. The number of nitrogens with zero attached hydrogens (tertiary/aromatic N) is 2. The van der Waals surface area contributed by atoms with Crippen LogP contribution in [0.2, 0.25) is 0 Å². The van der Waals surface area contributed by atoms with Crippen molar-refractivity contribution in [3.05, 3.63) is 58.6 Å². The lowest BCUT2D eigenvalue weighted by Gasteiger charge is -2.31. The number of piperidine rings is 1. The highest BCUT2D eigenvalue weighted by Crippen LogP contribution is 2.29. The summed E-state index contributed by atoms with van der Waals surface area (Å²) in [7, 11) is 0. The van der Waals surface area contributed by atoms with Crippen molar-refractivity contribution in [3.8, 4) is 0 Å². The van der Waals surface area contributed by atoms with E-state index in [1.807, 2.05) is 30.0 Å². The average Bonchev–Trinajstić information content (AvgIpc) is 3.32. The molecule has 29 heavy (non-hydrogen) atoms. The summed E-state index contributed by atoms with van der Waals surface area (Å²) in [6.07, 6.45) is 1.33. The molecular weight excluding hydrogens is 384 g/mol. The van der Waals surface area contributed by atoms with Gasteiger partial charge >= 0.3 is 5.97 Å². The van der Waals surface area contributed by atoms with Crippen LogP contribution in [-0.2, 0) is 16.1 Å². The summed E-state index contributed by atoms with van der Waals surface area (Å²) in [5.41, 5.74) is 4.26. The Kier molecular flexibility index (Phi) is 5.72. The van der Waals surface area contributed by atoms with Crippen LogP contribution in [0.3, 0.4) is 0 Å². The van der Waals surface area contributed by atoms with Crippen LogP contribution in [0, 0.1) is 12.8 Å². The van der Waals surface area contributed by atoms with Gasteiger partial charge in [-0.25, -0.2) is 0 Å². The molecule has 1 amide bonds. The van der Waals surface area contributed by atoms with E-state index in [9.17, 15) is 9.59 Å². The molecule has 0 aliphatic carbocycles. The van der Waals surface area contributed by atoms with Gasteiger partial charge in [-0.05, 0) is 55.3 Å². The Bertz CT molecular complexity index is 1030. The molecule has 152 valence electrons. The summed E-state index contributed by atoms with van der Waals surface area (Å²) in [5.74, 6) is -0.186. The lowest BCUT2D eigenvalue weighted by Crippen LogP contribution is -2.41. The molecule has 0 saturated carbocycles. The maximum atomic E-state index is 13.4. The third kappa shape index (κ3) is 3.94. The number of hydrogen-bond donors (Lipinski definition) is 0. The lowest BCUT2D eigenvalue weighted by atomic mass is 9.97. The van der Waals surface area contributed by atoms with Gasteiger partial charge in [0.25, 0.3) is 5.91 Å². The zero-order valence-corrected chi connectivity index (χ0v) is 17.7. The Hall–Kier alpha value is -2.60. The number of hydrogen-bond acceptors (Lipinski definition) is 4. The maximum absolute atomic E-state index is 13.4. The largest absolute Gasteiger partial charge is 0.466 e. The summed E-state index contributed by atoms with van der Waals surface area (Å²) < 4.78 is 8.40. The second kappa shape index (κ2) is 8.41. The minimum absolute atomic E-state index is 0.0456. The van der Waals surface area contributed by atoms with Crippen LogP contribution in [0.15, 0.2) is 41.8 Å². The highest BCUT2D eigenvalue weighted by atomic mass is 32.1. The second-order valence-corrected chi connectivity index (χ2v) is 8.48. The van der Waals surface area contributed by atoms with Crippen LogP contribution in [0.5, 0.6) is 0 Å². The number of esters is 1. The molecule has 6 heteroatoms. The topological polar surface area (TPSA) is 51.5 Å². The van der Waals surface area contributed by atoms with Gasteiger partial charge < -0.3 is 14.2 Å². The predicted molar refractivity (Wildman–Crippen MR) is 115 cm³/mol. The zero-order chi connectivity index (χ0) is 20.4. The van der Waals surface area contributed by atoms with E-state index in [1.54, 1.807) is 11.3 Å². The molecule has 1 fully saturated rings. The third-order valence-electron chi connectivity index (χ3n) is 5.73. The Morgan fingerprint density at radius 3 is 2.66 bits per heavy atom. The summed E-state index contributed by atoms with van der Waals surface area (Å²) in [5, 5.41) is 2.07. The fourth-order valence-corrected chi connectivity index (χ4v) is 4.85. The molecule has 2 aromatic heterocycles. The molecule has 0 bridgehead atoms. The van der Waals surface area contributed by atoms with E-state index in [2.05, 4.69) is 35.1 Å². The van der Waals surface area contributed by atoms with E-state index < -0.39 is 0 Å². The Morgan fingerprint density at radius 2 is 1.93 bits per heavy atom. The number of thiophene rings is 1. The molecule has 1 saturated heterocycles. The maximum Gasteiger partial charge on any atom is 0.309 e. The Labute approximate surface area is 174 Å². The highest BCUT2D eigenvalue weighted by molar-refractivity contribution is 7.17. The third-order valence-corrected chi connectivity index (χ3v) is 6.59. The first-order valence-electron chi connectivity index (χ1n) is 10.2. The number of aryl methyl sites for hydroxylation is 1. The van der Waals surface area contributed by atoms with Crippen molar-refractivity contribution >= 4 is 33.4 Å². The summed E-state index contributed by atoms with van der Waals surface area (Å²) in [4.78, 5) is 27.2. The van der Waals surface area contributed by atoms with Crippen LogP contribution >= 0.6 is 11.3 Å². The van der Waals surface area contributed by atoms with E-state index in [-0.39, 0.29) is 17.8 Å². The van der Waals surface area contributed by atoms with Gasteiger partial charge in [0.2, 0.25) is 0 Å². The minimum atomic E-state index is -0.136. The van der Waals surface area contributed by atoms with Crippen molar-refractivity contribution in [2.75, 3.05) is 19.7 Å². The zero-order valence-electron chi connectivity index (χ0n) is 16.9. The molecule has 0 N–H and O–H groups in total. The molecule has 3 aromatic rings. The first-order chi connectivity index (χ1) is 14.1. The molecule has 0 unspecified atom stereocenters. The number of amides is 1. The normalized spacial score (nSPS) is 15.0. The summed E-state index contributed by atoms with van der Waals surface area (Å²) in [6.45, 7) is 6.18. The number of carbonyl (C=O) groups is 2. The number of likely N-dealkylation sites (tertiary alicyclic amines) is 1. The van der Waals surface area contributed by atoms with Crippen molar-refractivity contribution < 1.29 is 14.3 Å². The van der Waals surface area contributed by atoms with Gasteiger partial charge in [-0.3, -0.25) is 9.59 Å². The van der Waals surface area contributed by atoms with E-state index in [1.165, 1.54) is 11.1 Å². The van der Waals surface area contributed by atoms with Crippen LogP contribution in [0.4, 0.5) is 0 Å². The number of benzene rings is 1. The van der Waals surface area contributed by atoms with Crippen molar-refractivity contribution in [2.45, 2.75) is 33.2 Å². The van der Waals surface area contributed by atoms with Gasteiger partial charge in [-0.2, -0.15) is 0 Å². The molecule has 0 radical (unpaired) electrons. The van der Waals surface area contributed by atoms with Crippen LogP contribution in [0.1, 0.15) is 41.4 Å². The molecule has 0 spiro atoms. The Balaban J connectivity index is 1.56. The fourth-order valence-electron chi connectivity index (χ4n) is 4.02. The van der Waals surface area contributed by atoms with Gasteiger partial charge in [0.15, 0.2) is 0 Å². The summed E-state index contributed by atoms with van der Waals surface area (Å²) >= 11 is 1.66. The van der Waals surface area contributed by atoms with Crippen molar-refractivity contribution in [2.24, 2.45) is 5.92 Å². The first-order valence-corrected chi connectivity index (χ1v) is 11.0. The van der Waals surface area contributed by atoms with Crippen molar-refractivity contribution in [3.63, 3.8) is 0 Å². The Morgan fingerprint density at radius 1 is 1.17 bits per heavy atom. The molecule has 3 heterocycles. The van der Waals surface area contributed by atoms with E-state index in [0.717, 1.165) is 15.9 Å². The average molecular weight is 411 g/mol.